The van der Waals surface area contributed by atoms with Crippen LogP contribution in [0.2, 0.25) is 39.3 Å². The Morgan fingerprint density at radius 1 is 0.686 bits per heavy atom. The second-order valence-corrected chi connectivity index (χ2v) is 28.8. The summed E-state index contributed by atoms with van der Waals surface area (Å²) in [6.07, 6.45) is 9.85. The first-order valence-corrected chi connectivity index (χ1v) is 29.4. The molecular formula is C34H69O13PSi3. The Morgan fingerprint density at radius 2 is 1.14 bits per heavy atom. The van der Waals surface area contributed by atoms with Gasteiger partial charge in [0.2, 0.25) is 0 Å². The van der Waals surface area contributed by atoms with Crippen LogP contribution in [0.3, 0.4) is 0 Å². The van der Waals surface area contributed by atoms with Gasteiger partial charge in [0.05, 0.1) is 25.4 Å². The highest BCUT2D eigenvalue weighted by Gasteiger charge is 2.59. The molecule has 300 valence electrons. The quantitative estimate of drug-likeness (QED) is 0.0397. The van der Waals surface area contributed by atoms with Crippen molar-refractivity contribution in [2.75, 3.05) is 39.8 Å². The minimum absolute atomic E-state index is 0.00872. The molecule has 17 heteroatoms. The van der Waals surface area contributed by atoms with Crippen LogP contribution in [0, 0.1) is 0 Å². The zero-order chi connectivity index (χ0) is 38.1. The van der Waals surface area contributed by atoms with Gasteiger partial charge in [-0.3, -0.25) is 9.59 Å². The van der Waals surface area contributed by atoms with Gasteiger partial charge in [-0.2, -0.15) is 0 Å². The van der Waals surface area contributed by atoms with E-state index in [1.807, 2.05) is 20.3 Å². The fraction of sp³-hybridized carbons (Fsp3) is 0.941. The van der Waals surface area contributed by atoms with Crippen LogP contribution >= 0.6 is 8.15 Å². The molecule has 2 aliphatic rings. The Balaban J connectivity index is 2.41. The fourth-order valence-corrected chi connectivity index (χ4v) is 15.0. The highest BCUT2D eigenvalue weighted by molar-refractivity contribution is 7.50. The van der Waals surface area contributed by atoms with Crippen molar-refractivity contribution in [3.63, 3.8) is 0 Å². The van der Waals surface area contributed by atoms with Gasteiger partial charge < -0.3 is 50.0 Å². The van der Waals surface area contributed by atoms with Gasteiger partial charge in [0.25, 0.3) is 6.48 Å². The SMILES string of the molecule is CC(=O)OCCOC(OCCOC(C)=O)O[C@@H]1[C@H](OP(C)C)[C@@H](O[Si](OC2CCCCCCCCCCC2)(O[Si](C)(C)C)O[Si](C)(C)C)O[C@H]1C. The normalized spacial score (nSPS) is 23.6. The van der Waals surface area contributed by atoms with Gasteiger partial charge in [0.1, 0.15) is 25.4 Å². The highest BCUT2D eigenvalue weighted by atomic mass is 31.1. The van der Waals surface area contributed by atoms with Gasteiger partial charge in [-0.1, -0.05) is 57.8 Å². The first-order chi connectivity index (χ1) is 23.9. The Labute approximate surface area is 312 Å². The zero-order valence-corrected chi connectivity index (χ0v) is 37.2. The third kappa shape index (κ3) is 20.8. The van der Waals surface area contributed by atoms with Crippen LogP contribution in [-0.2, 0) is 59.6 Å². The van der Waals surface area contributed by atoms with Crippen molar-refractivity contribution in [2.45, 2.75) is 168 Å². The van der Waals surface area contributed by atoms with Crippen LogP contribution in [0.1, 0.15) is 91.4 Å². The lowest BCUT2D eigenvalue weighted by Crippen LogP contribution is -2.62. The molecule has 2 fully saturated rings. The standard InChI is InChI=1S/C34H69O13PSi3/c1-27-31(42-34(39-25-23-37-28(2)35)40-26-24-38-29(3)36)32(43-48(4)5)33(41-27)45-51(46-49(6,7)8,47-50(9,10)11)44-30-21-19-17-15-13-12-14-16-18-20-22-30/h27,30-34H,12-26H2,1-11H3/t27-,31-,32-,33+/m0/s1. The first kappa shape index (κ1) is 46.8. The van der Waals surface area contributed by atoms with Crippen LogP contribution in [-0.4, -0.2) is 115 Å². The monoisotopic (exact) mass is 800 g/mol. The van der Waals surface area contributed by atoms with E-state index in [1.165, 1.54) is 58.8 Å². The zero-order valence-electron chi connectivity index (χ0n) is 33.3. The van der Waals surface area contributed by atoms with Crippen molar-refractivity contribution in [1.82, 2.24) is 0 Å². The highest BCUT2D eigenvalue weighted by Crippen LogP contribution is 2.40. The van der Waals surface area contributed by atoms with Crippen molar-refractivity contribution in [1.29, 1.82) is 0 Å². The molecule has 4 atom stereocenters. The summed E-state index contributed by atoms with van der Waals surface area (Å²) < 4.78 is 69.1. The molecule has 0 aromatic rings. The van der Waals surface area contributed by atoms with Crippen LogP contribution in [0.5, 0.6) is 0 Å². The number of hydrogen-bond donors (Lipinski definition) is 0. The predicted molar refractivity (Wildman–Crippen MR) is 203 cm³/mol. The van der Waals surface area contributed by atoms with Gasteiger partial charge in [-0.25, -0.2) is 0 Å². The number of ether oxygens (including phenoxy) is 6. The summed E-state index contributed by atoms with van der Waals surface area (Å²) in [6, 6.07) is 0. The Hall–Kier alpha value is -0.339. The minimum Gasteiger partial charge on any atom is -0.463 e. The van der Waals surface area contributed by atoms with E-state index in [1.54, 1.807) is 0 Å². The lowest BCUT2D eigenvalue weighted by molar-refractivity contribution is -0.316. The van der Waals surface area contributed by atoms with Gasteiger partial charge >= 0.3 is 21.0 Å². The molecule has 0 N–H and O–H groups in total. The summed E-state index contributed by atoms with van der Waals surface area (Å²) >= 11 is 0. The number of esters is 2. The molecule has 0 aromatic heterocycles. The number of carbonyl (C=O) groups excluding carboxylic acids is 2. The topological polar surface area (TPSA) is 136 Å². The molecule has 1 aliphatic heterocycles. The van der Waals surface area contributed by atoms with Crippen LogP contribution in [0.25, 0.3) is 0 Å². The predicted octanol–water partition coefficient (Wildman–Crippen LogP) is 7.45. The maximum atomic E-state index is 11.3. The third-order valence-corrected chi connectivity index (χ3v) is 16.5. The molecule has 51 heavy (non-hydrogen) atoms. The van der Waals surface area contributed by atoms with E-state index in [2.05, 4.69) is 39.3 Å². The average molecular weight is 801 g/mol. The van der Waals surface area contributed by atoms with Crippen LogP contribution in [0.4, 0.5) is 0 Å². The molecule has 1 heterocycles. The van der Waals surface area contributed by atoms with Gasteiger partial charge in [0.15, 0.2) is 22.9 Å². The Morgan fingerprint density at radius 3 is 1.55 bits per heavy atom. The van der Waals surface area contributed by atoms with Crippen molar-refractivity contribution in [3.05, 3.63) is 0 Å². The van der Waals surface area contributed by atoms with Crippen molar-refractivity contribution in [3.8, 4) is 0 Å². The smallest absolute Gasteiger partial charge is 0.463 e. The Kier molecular flexibility index (Phi) is 21.6. The molecular weight excluding hydrogens is 732 g/mol. The fourth-order valence-electron chi connectivity index (χ4n) is 5.82. The molecule has 1 saturated carbocycles. The summed E-state index contributed by atoms with van der Waals surface area (Å²) in [5.41, 5.74) is 0. The van der Waals surface area contributed by atoms with Gasteiger partial charge in [-0.15, -0.1) is 0 Å². The number of hydrogen-bond acceptors (Lipinski definition) is 13. The summed E-state index contributed by atoms with van der Waals surface area (Å²) in [5.74, 6) is -0.852. The molecule has 0 spiro atoms. The lowest BCUT2D eigenvalue weighted by atomic mass is 10.00. The van der Waals surface area contributed by atoms with E-state index in [0.717, 1.165) is 25.7 Å². The molecule has 0 bridgehead atoms. The second kappa shape index (κ2) is 23.6. The van der Waals surface area contributed by atoms with Crippen LogP contribution < -0.4 is 0 Å². The third-order valence-electron chi connectivity index (χ3n) is 7.78. The number of rotatable bonds is 20. The molecule has 0 amide bonds. The molecule has 1 saturated heterocycles. The molecule has 0 unspecified atom stereocenters. The summed E-state index contributed by atoms with van der Waals surface area (Å²) in [5, 5.41) is 0. The molecule has 1 aliphatic carbocycles. The summed E-state index contributed by atoms with van der Waals surface area (Å²) in [6.45, 7) is 20.1. The van der Waals surface area contributed by atoms with E-state index in [9.17, 15) is 9.59 Å². The van der Waals surface area contributed by atoms with Crippen LogP contribution in [0.15, 0.2) is 0 Å². The van der Waals surface area contributed by atoms with Crippen molar-refractivity contribution in [2.24, 2.45) is 0 Å². The van der Waals surface area contributed by atoms with E-state index in [-0.39, 0.29) is 32.5 Å². The lowest BCUT2D eigenvalue weighted by Gasteiger charge is -2.41. The second-order valence-electron chi connectivity index (χ2n) is 15.4. The minimum atomic E-state index is -3.86. The molecule has 2 rings (SSSR count). The Bertz CT molecular complexity index is 948. The van der Waals surface area contributed by atoms with E-state index in [4.69, 9.17) is 50.0 Å². The first-order valence-electron chi connectivity index (χ1n) is 18.8. The van der Waals surface area contributed by atoms with Crippen molar-refractivity contribution >= 4 is 45.8 Å². The van der Waals surface area contributed by atoms with E-state index >= 15 is 0 Å². The maximum absolute atomic E-state index is 11.3. The van der Waals surface area contributed by atoms with Crippen molar-refractivity contribution < 1.29 is 59.6 Å². The average Bonchev–Trinajstić information content (AvgIpc) is 3.24. The van der Waals surface area contributed by atoms with E-state index < -0.39 is 76.8 Å². The van der Waals surface area contributed by atoms with Gasteiger partial charge in [-0.05, 0) is 72.4 Å². The molecule has 13 nitrogen and oxygen atoms in total. The largest absolute Gasteiger partial charge is 0.660 e. The molecule has 0 radical (unpaired) electrons. The maximum Gasteiger partial charge on any atom is 0.660 e. The number of carbonyl (C=O) groups is 2. The van der Waals surface area contributed by atoms with Gasteiger partial charge in [0, 0.05) is 22.0 Å². The molecule has 0 aromatic carbocycles. The summed E-state index contributed by atoms with van der Waals surface area (Å²) in [4.78, 5) is 22.6. The summed E-state index contributed by atoms with van der Waals surface area (Å²) in [7, 11) is -9.37. The van der Waals surface area contributed by atoms with E-state index in [0.29, 0.717) is 0 Å².